The lowest BCUT2D eigenvalue weighted by Gasteiger charge is -2.55. The van der Waals surface area contributed by atoms with Crippen LogP contribution in [0, 0.1) is 5.41 Å². The molecule has 3 aliphatic rings. The molecule has 6 rings (SSSR count). The van der Waals surface area contributed by atoms with Gasteiger partial charge in [0.25, 0.3) is 0 Å². The van der Waals surface area contributed by atoms with E-state index in [2.05, 4.69) is 39.0 Å². The van der Waals surface area contributed by atoms with Gasteiger partial charge in [-0.1, -0.05) is 0 Å². The lowest BCUT2D eigenvalue weighted by Crippen LogP contribution is -2.66. The summed E-state index contributed by atoms with van der Waals surface area (Å²) in [5, 5.41) is 9.27. The standard InChI is InChI=1S/C24H31FN8O2/c1-15(2)33-18-8-21(27-9-16(18)22(30-33)32-11-24(12-32)13-35-14-24)28-20-4-6-26-23(29-20)31-7-5-19(34-3)17(25)10-31/h4,6,8-9,15,17,19H,5,7,10-14H2,1-3H3,(H,26,27,28,29)/t17-,19+/m1/s1. The third-order valence-corrected chi connectivity index (χ3v) is 7.20. The van der Waals surface area contributed by atoms with Crippen LogP contribution in [0.4, 0.5) is 27.8 Å². The van der Waals surface area contributed by atoms with E-state index >= 15 is 0 Å². The largest absolute Gasteiger partial charge is 0.380 e. The number of aromatic nitrogens is 5. The van der Waals surface area contributed by atoms with Crippen LogP contribution < -0.4 is 15.1 Å². The highest BCUT2D eigenvalue weighted by molar-refractivity contribution is 5.92. The molecule has 186 valence electrons. The summed E-state index contributed by atoms with van der Waals surface area (Å²) in [4.78, 5) is 17.8. The van der Waals surface area contributed by atoms with Gasteiger partial charge in [-0.15, -0.1) is 0 Å². The molecule has 2 atom stereocenters. The zero-order chi connectivity index (χ0) is 24.2. The normalized spacial score (nSPS) is 23.6. The first kappa shape index (κ1) is 22.4. The van der Waals surface area contributed by atoms with Crippen LogP contribution in [0.1, 0.15) is 26.3 Å². The number of hydrogen-bond acceptors (Lipinski definition) is 9. The summed E-state index contributed by atoms with van der Waals surface area (Å²) >= 11 is 0. The van der Waals surface area contributed by atoms with E-state index in [0.717, 1.165) is 43.0 Å². The Kier molecular flexibility index (Phi) is 5.48. The summed E-state index contributed by atoms with van der Waals surface area (Å²) < 4.78 is 27.1. The van der Waals surface area contributed by atoms with Crippen molar-refractivity contribution in [2.75, 3.05) is 61.6 Å². The van der Waals surface area contributed by atoms with E-state index in [-0.39, 0.29) is 18.7 Å². The second-order valence-electron chi connectivity index (χ2n) is 10.2. The van der Waals surface area contributed by atoms with Gasteiger partial charge in [-0.2, -0.15) is 10.1 Å². The molecule has 11 heteroatoms. The van der Waals surface area contributed by atoms with Crippen LogP contribution >= 0.6 is 0 Å². The van der Waals surface area contributed by atoms with Crippen molar-refractivity contribution in [1.82, 2.24) is 24.7 Å². The summed E-state index contributed by atoms with van der Waals surface area (Å²) in [6.45, 7) is 8.75. The first-order valence-electron chi connectivity index (χ1n) is 12.2. The van der Waals surface area contributed by atoms with Crippen molar-refractivity contribution in [3.05, 3.63) is 24.5 Å². The SMILES string of the molecule is CO[C@H]1CCN(c2nccc(Nc3cc4c(cn3)c(N3CC5(COC5)C3)nn4C(C)C)n2)C[C@H]1F. The molecule has 3 aromatic rings. The van der Waals surface area contributed by atoms with Gasteiger partial charge in [0.1, 0.15) is 17.8 Å². The molecule has 0 aliphatic carbocycles. The van der Waals surface area contributed by atoms with Crippen molar-refractivity contribution >= 4 is 34.3 Å². The van der Waals surface area contributed by atoms with Crippen LogP contribution in [0.5, 0.6) is 0 Å². The van der Waals surface area contributed by atoms with E-state index < -0.39 is 6.17 Å². The highest BCUT2D eigenvalue weighted by Gasteiger charge is 2.50. The fourth-order valence-electron chi connectivity index (χ4n) is 5.23. The Labute approximate surface area is 203 Å². The van der Waals surface area contributed by atoms with Crippen molar-refractivity contribution in [3.63, 3.8) is 0 Å². The van der Waals surface area contributed by atoms with Crippen molar-refractivity contribution in [1.29, 1.82) is 0 Å². The van der Waals surface area contributed by atoms with Crippen molar-refractivity contribution in [2.45, 2.75) is 38.6 Å². The number of ether oxygens (including phenoxy) is 2. The van der Waals surface area contributed by atoms with E-state index in [9.17, 15) is 4.39 Å². The molecule has 1 spiro atoms. The number of nitrogens with one attached hydrogen (secondary N) is 1. The van der Waals surface area contributed by atoms with Crippen LogP contribution in [0.3, 0.4) is 0 Å². The monoisotopic (exact) mass is 482 g/mol. The van der Waals surface area contributed by atoms with Gasteiger partial charge < -0.3 is 24.6 Å². The maximum Gasteiger partial charge on any atom is 0.227 e. The Bertz CT molecular complexity index is 1220. The Morgan fingerprint density at radius 3 is 2.71 bits per heavy atom. The molecule has 0 saturated carbocycles. The Morgan fingerprint density at radius 1 is 1.20 bits per heavy atom. The number of piperidine rings is 1. The van der Waals surface area contributed by atoms with Gasteiger partial charge in [0.2, 0.25) is 5.95 Å². The third-order valence-electron chi connectivity index (χ3n) is 7.20. The molecule has 1 N–H and O–H groups in total. The molecule has 3 aromatic heterocycles. The lowest BCUT2D eigenvalue weighted by atomic mass is 9.78. The average molecular weight is 483 g/mol. The van der Waals surface area contributed by atoms with Crippen LogP contribution in [-0.2, 0) is 9.47 Å². The Morgan fingerprint density at radius 2 is 2.03 bits per heavy atom. The second kappa shape index (κ2) is 8.56. The Hall–Kier alpha value is -3.05. The molecule has 0 aromatic carbocycles. The molecule has 6 heterocycles. The van der Waals surface area contributed by atoms with Crippen molar-refractivity contribution in [3.8, 4) is 0 Å². The van der Waals surface area contributed by atoms with E-state index in [1.165, 1.54) is 0 Å². The number of halogens is 1. The minimum absolute atomic E-state index is 0.207. The van der Waals surface area contributed by atoms with Gasteiger partial charge >= 0.3 is 0 Å². The smallest absolute Gasteiger partial charge is 0.227 e. The highest BCUT2D eigenvalue weighted by Crippen LogP contribution is 2.42. The van der Waals surface area contributed by atoms with E-state index in [1.807, 2.05) is 21.8 Å². The molecule has 3 saturated heterocycles. The number of methoxy groups -OCH3 is 1. The predicted molar refractivity (Wildman–Crippen MR) is 131 cm³/mol. The van der Waals surface area contributed by atoms with Crippen molar-refractivity contribution in [2.24, 2.45) is 5.41 Å². The van der Waals surface area contributed by atoms with E-state index in [1.54, 1.807) is 19.4 Å². The van der Waals surface area contributed by atoms with E-state index in [0.29, 0.717) is 36.0 Å². The van der Waals surface area contributed by atoms with Gasteiger partial charge in [-0.05, 0) is 26.3 Å². The van der Waals surface area contributed by atoms with Crippen LogP contribution in [0.2, 0.25) is 0 Å². The first-order valence-corrected chi connectivity index (χ1v) is 12.2. The molecule has 3 aliphatic heterocycles. The number of nitrogens with zero attached hydrogens (tertiary/aromatic N) is 7. The minimum atomic E-state index is -1.07. The number of fused-ring (bicyclic) bond motifs is 1. The highest BCUT2D eigenvalue weighted by atomic mass is 19.1. The van der Waals surface area contributed by atoms with E-state index in [4.69, 9.17) is 14.6 Å². The zero-order valence-corrected chi connectivity index (χ0v) is 20.3. The topological polar surface area (TPSA) is 93.5 Å². The summed E-state index contributed by atoms with van der Waals surface area (Å²) in [6.07, 6.45) is 2.72. The molecule has 3 fully saturated rings. The molecule has 0 bridgehead atoms. The minimum Gasteiger partial charge on any atom is -0.380 e. The maximum absolute atomic E-state index is 14.4. The number of alkyl halides is 1. The van der Waals surface area contributed by atoms with Gasteiger partial charge in [-0.3, -0.25) is 4.68 Å². The molecule has 0 unspecified atom stereocenters. The fourth-order valence-corrected chi connectivity index (χ4v) is 5.23. The molecular formula is C24H31FN8O2. The molecular weight excluding hydrogens is 451 g/mol. The number of anilines is 4. The fraction of sp³-hybridized carbons (Fsp3) is 0.583. The van der Waals surface area contributed by atoms with Crippen LogP contribution in [-0.4, -0.2) is 83.5 Å². The number of pyridine rings is 1. The third kappa shape index (κ3) is 3.96. The van der Waals surface area contributed by atoms with Gasteiger partial charge in [0.05, 0.1) is 42.2 Å². The lowest BCUT2D eigenvalue weighted by molar-refractivity contribution is -0.127. The number of rotatable bonds is 6. The quantitative estimate of drug-likeness (QED) is 0.569. The Balaban J connectivity index is 1.23. The molecule has 0 amide bonds. The summed E-state index contributed by atoms with van der Waals surface area (Å²) in [7, 11) is 1.55. The summed E-state index contributed by atoms with van der Waals surface area (Å²) in [5.74, 6) is 2.75. The van der Waals surface area contributed by atoms with Gasteiger partial charge in [-0.25, -0.2) is 14.4 Å². The average Bonchev–Trinajstić information content (AvgIpc) is 3.16. The van der Waals surface area contributed by atoms with Gasteiger partial charge in [0.15, 0.2) is 5.82 Å². The van der Waals surface area contributed by atoms with Crippen molar-refractivity contribution < 1.29 is 13.9 Å². The first-order chi connectivity index (χ1) is 16.9. The molecule has 35 heavy (non-hydrogen) atoms. The molecule has 0 radical (unpaired) electrons. The zero-order valence-electron chi connectivity index (χ0n) is 20.3. The summed E-state index contributed by atoms with van der Waals surface area (Å²) in [6, 6.07) is 4.01. The maximum atomic E-state index is 14.4. The summed E-state index contributed by atoms with van der Waals surface area (Å²) in [5.41, 5.74) is 1.34. The molecule has 10 nitrogen and oxygen atoms in total. The van der Waals surface area contributed by atoms with Crippen LogP contribution in [0.15, 0.2) is 24.5 Å². The second-order valence-corrected chi connectivity index (χ2v) is 10.2. The number of hydrogen-bond donors (Lipinski definition) is 1. The van der Waals surface area contributed by atoms with Crippen LogP contribution in [0.25, 0.3) is 10.9 Å². The van der Waals surface area contributed by atoms with Gasteiger partial charge in [0, 0.05) is 51.2 Å². The predicted octanol–water partition coefficient (Wildman–Crippen LogP) is 2.95.